The van der Waals surface area contributed by atoms with E-state index in [9.17, 15) is 4.79 Å². The topological polar surface area (TPSA) is 36.4 Å². The van der Waals surface area contributed by atoms with Gasteiger partial charge in [0.2, 0.25) is 5.91 Å². The molecule has 2 heterocycles. The third-order valence-corrected chi connectivity index (χ3v) is 3.72. The number of nitrogens with zero attached hydrogens (tertiary/aromatic N) is 3. The van der Waals surface area contributed by atoms with E-state index < -0.39 is 0 Å². The van der Waals surface area contributed by atoms with E-state index in [2.05, 4.69) is 9.88 Å². The number of hydrogen-bond acceptors (Lipinski definition) is 3. The quantitative estimate of drug-likeness (QED) is 0.786. The number of halogens is 1. The van der Waals surface area contributed by atoms with Crippen LogP contribution in [0.4, 0.5) is 0 Å². The Bertz CT molecular complexity index is 459. The van der Waals surface area contributed by atoms with Crippen molar-refractivity contribution in [2.75, 3.05) is 26.2 Å². The number of hydrogen-bond donors (Lipinski definition) is 0. The zero-order chi connectivity index (χ0) is 14.8. The van der Waals surface area contributed by atoms with Crippen LogP contribution in [0.2, 0.25) is 5.15 Å². The molecule has 0 N–H and O–H groups in total. The molecule has 1 saturated heterocycles. The van der Waals surface area contributed by atoms with Gasteiger partial charge < -0.3 is 4.90 Å². The zero-order valence-electron chi connectivity index (χ0n) is 12.4. The van der Waals surface area contributed by atoms with Crippen LogP contribution in [0.1, 0.15) is 26.3 Å². The van der Waals surface area contributed by atoms with Crippen molar-refractivity contribution in [2.45, 2.75) is 27.3 Å². The maximum absolute atomic E-state index is 12.2. The highest BCUT2D eigenvalue weighted by Gasteiger charge is 2.29. The SMILES string of the molecule is CC(C)(C)C(=O)N1CCN(Cc2ccc(Cl)nc2)CC1. The smallest absolute Gasteiger partial charge is 0.228 e. The van der Waals surface area contributed by atoms with Crippen LogP contribution < -0.4 is 0 Å². The highest BCUT2D eigenvalue weighted by Crippen LogP contribution is 2.19. The second-order valence-corrected chi connectivity index (χ2v) is 6.69. The van der Waals surface area contributed by atoms with E-state index in [-0.39, 0.29) is 11.3 Å². The number of rotatable bonds is 2. The molecule has 4 nitrogen and oxygen atoms in total. The van der Waals surface area contributed by atoms with Gasteiger partial charge in [-0.2, -0.15) is 0 Å². The van der Waals surface area contributed by atoms with Gasteiger partial charge in [0.15, 0.2) is 0 Å². The fourth-order valence-corrected chi connectivity index (χ4v) is 2.45. The molecule has 0 radical (unpaired) electrons. The standard InChI is InChI=1S/C15H22ClN3O/c1-15(2,3)14(20)19-8-6-18(7-9-19)11-12-4-5-13(16)17-10-12/h4-5,10H,6-9,11H2,1-3H3. The molecule has 0 unspecified atom stereocenters. The molecule has 0 aliphatic carbocycles. The average molecular weight is 296 g/mol. The second kappa shape index (κ2) is 6.10. The molecule has 0 aromatic carbocycles. The number of pyridine rings is 1. The van der Waals surface area contributed by atoms with Crippen LogP contribution in [0.25, 0.3) is 0 Å². The first kappa shape index (κ1) is 15.3. The van der Waals surface area contributed by atoms with E-state index in [0.717, 1.165) is 38.3 Å². The summed E-state index contributed by atoms with van der Waals surface area (Å²) >= 11 is 5.78. The largest absolute Gasteiger partial charge is 0.340 e. The molecule has 1 aliphatic heterocycles. The van der Waals surface area contributed by atoms with Crippen molar-refractivity contribution in [3.63, 3.8) is 0 Å². The Morgan fingerprint density at radius 1 is 1.25 bits per heavy atom. The minimum absolute atomic E-state index is 0.241. The first-order valence-electron chi connectivity index (χ1n) is 6.98. The molecular formula is C15H22ClN3O. The van der Waals surface area contributed by atoms with E-state index in [4.69, 9.17) is 11.6 Å². The molecule has 1 aromatic heterocycles. The van der Waals surface area contributed by atoms with Crippen molar-refractivity contribution in [3.05, 3.63) is 29.0 Å². The molecule has 110 valence electrons. The van der Waals surface area contributed by atoms with Crippen molar-refractivity contribution in [2.24, 2.45) is 5.41 Å². The summed E-state index contributed by atoms with van der Waals surface area (Å²) in [4.78, 5) is 20.6. The fourth-order valence-electron chi connectivity index (χ4n) is 2.34. The molecule has 0 atom stereocenters. The van der Waals surface area contributed by atoms with Gasteiger partial charge in [-0.05, 0) is 11.6 Å². The monoisotopic (exact) mass is 295 g/mol. The lowest BCUT2D eigenvalue weighted by Gasteiger charge is -2.37. The highest BCUT2D eigenvalue weighted by molar-refractivity contribution is 6.29. The maximum Gasteiger partial charge on any atom is 0.228 e. The Hall–Kier alpha value is -1.13. The Morgan fingerprint density at radius 3 is 2.40 bits per heavy atom. The van der Waals surface area contributed by atoms with Gasteiger partial charge in [-0.3, -0.25) is 9.69 Å². The van der Waals surface area contributed by atoms with Crippen molar-refractivity contribution in [3.8, 4) is 0 Å². The van der Waals surface area contributed by atoms with Crippen molar-refractivity contribution in [1.29, 1.82) is 0 Å². The van der Waals surface area contributed by atoms with Crippen LogP contribution >= 0.6 is 11.6 Å². The summed E-state index contributed by atoms with van der Waals surface area (Å²) in [6, 6.07) is 3.82. The Morgan fingerprint density at radius 2 is 1.90 bits per heavy atom. The van der Waals surface area contributed by atoms with Crippen molar-refractivity contribution >= 4 is 17.5 Å². The van der Waals surface area contributed by atoms with E-state index in [1.165, 1.54) is 0 Å². The minimum Gasteiger partial charge on any atom is -0.340 e. The van der Waals surface area contributed by atoms with Gasteiger partial charge in [-0.1, -0.05) is 38.4 Å². The molecule has 1 amide bonds. The molecule has 0 saturated carbocycles. The van der Waals surface area contributed by atoms with Gasteiger partial charge in [0.25, 0.3) is 0 Å². The summed E-state index contributed by atoms with van der Waals surface area (Å²) in [5.74, 6) is 0.241. The molecule has 1 aliphatic rings. The third kappa shape index (κ3) is 3.93. The number of piperazine rings is 1. The number of carbonyl (C=O) groups is 1. The number of carbonyl (C=O) groups excluding carboxylic acids is 1. The van der Waals surface area contributed by atoms with E-state index in [1.54, 1.807) is 0 Å². The molecule has 20 heavy (non-hydrogen) atoms. The lowest BCUT2D eigenvalue weighted by molar-refractivity contribution is -0.141. The maximum atomic E-state index is 12.2. The first-order chi connectivity index (χ1) is 9.36. The lowest BCUT2D eigenvalue weighted by atomic mass is 9.94. The van der Waals surface area contributed by atoms with Gasteiger partial charge in [0.05, 0.1) is 0 Å². The molecule has 2 rings (SSSR count). The summed E-state index contributed by atoms with van der Waals surface area (Å²) < 4.78 is 0. The predicted octanol–water partition coefficient (Wildman–Crippen LogP) is 2.43. The summed E-state index contributed by atoms with van der Waals surface area (Å²) in [7, 11) is 0. The minimum atomic E-state index is -0.289. The third-order valence-electron chi connectivity index (χ3n) is 3.50. The van der Waals surface area contributed by atoms with E-state index in [0.29, 0.717) is 5.15 Å². The lowest BCUT2D eigenvalue weighted by Crippen LogP contribution is -2.51. The average Bonchev–Trinajstić information content (AvgIpc) is 2.40. The van der Waals surface area contributed by atoms with E-state index in [1.807, 2.05) is 44.0 Å². The Balaban J connectivity index is 1.85. The molecular weight excluding hydrogens is 274 g/mol. The highest BCUT2D eigenvalue weighted by atomic mass is 35.5. The number of amides is 1. The molecule has 0 spiro atoms. The van der Waals surface area contributed by atoms with Crippen LogP contribution in [0.3, 0.4) is 0 Å². The van der Waals surface area contributed by atoms with Gasteiger partial charge in [-0.25, -0.2) is 4.98 Å². The van der Waals surface area contributed by atoms with Gasteiger partial charge in [-0.15, -0.1) is 0 Å². The Kier molecular flexibility index (Phi) is 4.66. The van der Waals surface area contributed by atoms with Crippen LogP contribution in [0, 0.1) is 5.41 Å². The van der Waals surface area contributed by atoms with Crippen molar-refractivity contribution in [1.82, 2.24) is 14.8 Å². The Labute approximate surface area is 125 Å². The summed E-state index contributed by atoms with van der Waals surface area (Å²) in [5, 5.41) is 0.523. The first-order valence-corrected chi connectivity index (χ1v) is 7.36. The molecule has 1 aromatic rings. The van der Waals surface area contributed by atoms with Gasteiger partial charge >= 0.3 is 0 Å². The second-order valence-electron chi connectivity index (χ2n) is 6.31. The molecule has 5 heteroatoms. The van der Waals surface area contributed by atoms with Crippen LogP contribution in [-0.4, -0.2) is 46.9 Å². The van der Waals surface area contributed by atoms with Crippen LogP contribution in [-0.2, 0) is 11.3 Å². The van der Waals surface area contributed by atoms with Crippen LogP contribution in [0.15, 0.2) is 18.3 Å². The molecule has 0 bridgehead atoms. The summed E-state index contributed by atoms with van der Waals surface area (Å²) in [6.45, 7) is 10.2. The van der Waals surface area contributed by atoms with Crippen LogP contribution in [0.5, 0.6) is 0 Å². The normalized spacial score (nSPS) is 17.3. The summed E-state index contributed by atoms with van der Waals surface area (Å²) in [6.07, 6.45) is 1.81. The number of aromatic nitrogens is 1. The van der Waals surface area contributed by atoms with Gasteiger partial charge in [0, 0.05) is 44.3 Å². The van der Waals surface area contributed by atoms with Gasteiger partial charge in [0.1, 0.15) is 5.15 Å². The van der Waals surface area contributed by atoms with E-state index >= 15 is 0 Å². The summed E-state index contributed by atoms with van der Waals surface area (Å²) in [5.41, 5.74) is 0.868. The van der Waals surface area contributed by atoms with Crippen molar-refractivity contribution < 1.29 is 4.79 Å². The fraction of sp³-hybridized carbons (Fsp3) is 0.600. The molecule has 1 fully saturated rings. The predicted molar refractivity (Wildman–Crippen MR) is 80.6 cm³/mol. The zero-order valence-corrected chi connectivity index (χ0v) is 13.2.